The van der Waals surface area contributed by atoms with E-state index in [4.69, 9.17) is 16.0 Å². The molecule has 0 amide bonds. The second-order valence-corrected chi connectivity index (χ2v) is 4.20. The Morgan fingerprint density at radius 1 is 1.06 bits per heavy atom. The first-order valence-electron chi connectivity index (χ1n) is 5.40. The van der Waals surface area contributed by atoms with Crippen molar-refractivity contribution < 1.29 is 9.21 Å². The number of benzene rings is 2. The van der Waals surface area contributed by atoms with Crippen molar-refractivity contribution in [1.82, 2.24) is 4.98 Å². The Bertz CT molecular complexity index is 700. The number of nitrogens with zero attached hydrogens (tertiary/aromatic N) is 1. The minimum atomic E-state index is -0.309. The molecule has 0 unspecified atom stereocenters. The molecule has 3 nitrogen and oxygen atoms in total. The fraction of sp³-hybridized carbons (Fsp3) is 0. The zero-order chi connectivity index (χ0) is 12.5. The number of oxazole rings is 1. The second kappa shape index (κ2) is 4.27. The van der Waals surface area contributed by atoms with Crippen molar-refractivity contribution in [2.75, 3.05) is 0 Å². The maximum absolute atomic E-state index is 12.2. The van der Waals surface area contributed by atoms with Crippen LogP contribution in [0.2, 0.25) is 5.02 Å². The summed E-state index contributed by atoms with van der Waals surface area (Å²) in [7, 11) is 0. The van der Waals surface area contributed by atoms with E-state index in [0.717, 1.165) is 0 Å². The minimum Gasteiger partial charge on any atom is -0.433 e. The summed E-state index contributed by atoms with van der Waals surface area (Å²) in [4.78, 5) is 16.4. The third-order valence-electron chi connectivity index (χ3n) is 2.61. The number of halogens is 1. The Hall–Kier alpha value is -2.13. The van der Waals surface area contributed by atoms with E-state index in [0.29, 0.717) is 21.7 Å². The lowest BCUT2D eigenvalue weighted by Gasteiger charge is -1.98. The molecule has 0 bridgehead atoms. The predicted molar refractivity (Wildman–Crippen MR) is 68.9 cm³/mol. The topological polar surface area (TPSA) is 43.1 Å². The smallest absolute Gasteiger partial charge is 0.269 e. The van der Waals surface area contributed by atoms with Gasteiger partial charge in [0, 0.05) is 5.56 Å². The summed E-state index contributed by atoms with van der Waals surface area (Å²) >= 11 is 5.98. The SMILES string of the molecule is O=C(c1nc2ccccc2o1)c1ccccc1Cl. The zero-order valence-electron chi connectivity index (χ0n) is 9.26. The van der Waals surface area contributed by atoms with Gasteiger partial charge in [-0.2, -0.15) is 0 Å². The van der Waals surface area contributed by atoms with Crippen LogP contribution in [0.15, 0.2) is 52.9 Å². The van der Waals surface area contributed by atoms with E-state index in [1.807, 2.05) is 12.1 Å². The number of aromatic nitrogens is 1. The summed E-state index contributed by atoms with van der Waals surface area (Å²) in [5.74, 6) is -0.249. The Morgan fingerprint density at radius 2 is 1.78 bits per heavy atom. The first-order valence-corrected chi connectivity index (χ1v) is 5.78. The normalized spacial score (nSPS) is 10.7. The molecule has 0 spiro atoms. The second-order valence-electron chi connectivity index (χ2n) is 3.80. The van der Waals surface area contributed by atoms with Gasteiger partial charge in [0.15, 0.2) is 5.58 Å². The van der Waals surface area contributed by atoms with Gasteiger partial charge in [0.05, 0.1) is 5.02 Å². The molecule has 0 aliphatic carbocycles. The van der Waals surface area contributed by atoms with Gasteiger partial charge < -0.3 is 4.42 Å². The number of fused-ring (bicyclic) bond motifs is 1. The van der Waals surface area contributed by atoms with Gasteiger partial charge in [0.1, 0.15) is 5.52 Å². The summed E-state index contributed by atoms with van der Waals surface area (Å²) in [5.41, 5.74) is 1.64. The van der Waals surface area contributed by atoms with Gasteiger partial charge in [0.2, 0.25) is 5.78 Å². The van der Waals surface area contributed by atoms with Gasteiger partial charge in [0.25, 0.3) is 5.89 Å². The largest absolute Gasteiger partial charge is 0.433 e. The zero-order valence-corrected chi connectivity index (χ0v) is 10.0. The fourth-order valence-electron chi connectivity index (χ4n) is 1.73. The molecule has 0 fully saturated rings. The van der Waals surface area contributed by atoms with Crippen molar-refractivity contribution in [2.45, 2.75) is 0 Å². The van der Waals surface area contributed by atoms with E-state index in [9.17, 15) is 4.79 Å². The average Bonchev–Trinajstić information content (AvgIpc) is 2.82. The molecule has 1 heterocycles. The van der Waals surface area contributed by atoms with Crippen LogP contribution in [0.5, 0.6) is 0 Å². The molecule has 0 N–H and O–H groups in total. The van der Waals surface area contributed by atoms with Crippen LogP contribution in [-0.2, 0) is 0 Å². The molecule has 0 aliphatic heterocycles. The monoisotopic (exact) mass is 257 g/mol. The third kappa shape index (κ3) is 1.79. The lowest BCUT2D eigenvalue weighted by atomic mass is 10.1. The van der Waals surface area contributed by atoms with Crippen molar-refractivity contribution in [3.05, 3.63) is 65.0 Å². The molecule has 2 aromatic carbocycles. The molecule has 18 heavy (non-hydrogen) atoms. The maximum atomic E-state index is 12.2. The van der Waals surface area contributed by atoms with Crippen molar-refractivity contribution in [2.24, 2.45) is 0 Å². The van der Waals surface area contributed by atoms with Gasteiger partial charge in [-0.05, 0) is 24.3 Å². The number of rotatable bonds is 2. The molecule has 3 aromatic rings. The fourth-order valence-corrected chi connectivity index (χ4v) is 1.95. The number of hydrogen-bond donors (Lipinski definition) is 0. The molecule has 3 rings (SSSR count). The van der Waals surface area contributed by atoms with Crippen molar-refractivity contribution in [1.29, 1.82) is 0 Å². The van der Waals surface area contributed by atoms with Gasteiger partial charge in [-0.25, -0.2) is 4.98 Å². The van der Waals surface area contributed by atoms with E-state index in [1.54, 1.807) is 36.4 Å². The summed E-state index contributed by atoms with van der Waals surface area (Å²) < 4.78 is 5.42. The molecule has 0 atom stereocenters. The van der Waals surface area contributed by atoms with Crippen molar-refractivity contribution >= 4 is 28.5 Å². The Kier molecular flexibility index (Phi) is 2.61. The van der Waals surface area contributed by atoms with E-state index in [-0.39, 0.29) is 11.7 Å². The van der Waals surface area contributed by atoms with Crippen LogP contribution < -0.4 is 0 Å². The summed E-state index contributed by atoms with van der Waals surface area (Å²) in [5, 5.41) is 0.393. The van der Waals surface area contributed by atoms with Crippen molar-refractivity contribution in [3.63, 3.8) is 0 Å². The van der Waals surface area contributed by atoms with Gasteiger partial charge in [-0.1, -0.05) is 35.9 Å². The van der Waals surface area contributed by atoms with E-state index in [2.05, 4.69) is 4.98 Å². The van der Waals surface area contributed by atoms with E-state index in [1.165, 1.54) is 0 Å². The Morgan fingerprint density at radius 3 is 2.56 bits per heavy atom. The summed E-state index contributed by atoms with van der Waals surface area (Å²) in [6.45, 7) is 0. The van der Waals surface area contributed by atoms with Crippen LogP contribution in [0.1, 0.15) is 16.2 Å². The average molecular weight is 258 g/mol. The lowest BCUT2D eigenvalue weighted by molar-refractivity contribution is 0.100. The molecular formula is C14H8ClNO2. The van der Waals surface area contributed by atoms with E-state index < -0.39 is 0 Å². The molecule has 4 heteroatoms. The number of carbonyl (C=O) groups excluding carboxylic acids is 1. The molecular weight excluding hydrogens is 250 g/mol. The lowest BCUT2D eigenvalue weighted by Crippen LogP contribution is -2.02. The number of ketones is 1. The molecule has 88 valence electrons. The Balaban J connectivity index is 2.10. The number of para-hydroxylation sites is 2. The molecule has 1 aromatic heterocycles. The van der Waals surface area contributed by atoms with Crippen LogP contribution in [0, 0.1) is 0 Å². The highest BCUT2D eigenvalue weighted by Gasteiger charge is 2.18. The molecule has 0 aliphatic rings. The van der Waals surface area contributed by atoms with E-state index >= 15 is 0 Å². The minimum absolute atomic E-state index is 0.0595. The summed E-state index contributed by atoms with van der Waals surface area (Å²) in [6, 6.07) is 14.1. The third-order valence-corrected chi connectivity index (χ3v) is 2.94. The van der Waals surface area contributed by atoms with Crippen LogP contribution in [0.3, 0.4) is 0 Å². The van der Waals surface area contributed by atoms with Crippen LogP contribution in [0.25, 0.3) is 11.1 Å². The van der Waals surface area contributed by atoms with Gasteiger partial charge >= 0.3 is 0 Å². The standard InChI is InChI=1S/C14H8ClNO2/c15-10-6-2-1-5-9(10)13(17)14-16-11-7-3-4-8-12(11)18-14/h1-8H. The molecule has 0 saturated heterocycles. The number of carbonyl (C=O) groups is 1. The Labute approximate surface area is 108 Å². The molecule has 0 saturated carbocycles. The van der Waals surface area contributed by atoms with Gasteiger partial charge in [-0.3, -0.25) is 4.79 Å². The number of hydrogen-bond acceptors (Lipinski definition) is 3. The first-order chi connectivity index (χ1) is 8.75. The quantitative estimate of drug-likeness (QED) is 0.657. The predicted octanol–water partition coefficient (Wildman–Crippen LogP) is 3.71. The summed E-state index contributed by atoms with van der Waals surface area (Å²) in [6.07, 6.45) is 0. The van der Waals surface area contributed by atoms with Crippen LogP contribution >= 0.6 is 11.6 Å². The highest BCUT2D eigenvalue weighted by atomic mass is 35.5. The van der Waals surface area contributed by atoms with Crippen LogP contribution in [-0.4, -0.2) is 10.8 Å². The highest BCUT2D eigenvalue weighted by Crippen LogP contribution is 2.21. The molecule has 0 radical (unpaired) electrons. The first kappa shape index (κ1) is 11.0. The highest BCUT2D eigenvalue weighted by molar-refractivity contribution is 6.34. The maximum Gasteiger partial charge on any atom is 0.269 e. The van der Waals surface area contributed by atoms with Gasteiger partial charge in [-0.15, -0.1) is 0 Å². The van der Waals surface area contributed by atoms with Crippen molar-refractivity contribution in [3.8, 4) is 0 Å². The van der Waals surface area contributed by atoms with Crippen LogP contribution in [0.4, 0.5) is 0 Å².